The zero-order valence-electron chi connectivity index (χ0n) is 16.8. The van der Waals surface area contributed by atoms with Crippen molar-refractivity contribution < 1.29 is 0 Å². The van der Waals surface area contributed by atoms with Gasteiger partial charge in [0.05, 0.1) is 16.9 Å². The van der Waals surface area contributed by atoms with Gasteiger partial charge in [-0.25, -0.2) is 4.99 Å². The number of amidine groups is 1. The number of hydrogen-bond acceptors (Lipinski definition) is 5. The minimum absolute atomic E-state index is 1.00. The van der Waals surface area contributed by atoms with E-state index in [0.29, 0.717) is 0 Å². The van der Waals surface area contributed by atoms with Gasteiger partial charge in [0.25, 0.3) is 0 Å². The van der Waals surface area contributed by atoms with E-state index in [1.165, 1.54) is 21.0 Å². The highest BCUT2D eigenvalue weighted by Crippen LogP contribution is 2.39. The van der Waals surface area contributed by atoms with Crippen LogP contribution < -0.4 is 5.32 Å². The number of hydrogen-bond donors (Lipinski definition) is 1. The number of thiophene rings is 1. The van der Waals surface area contributed by atoms with Crippen LogP contribution in [0.4, 0.5) is 16.4 Å². The first-order valence-electron chi connectivity index (χ1n) is 10.4. The highest BCUT2D eigenvalue weighted by molar-refractivity contribution is 7.16. The Labute approximate surface area is 176 Å². The van der Waals surface area contributed by atoms with Crippen molar-refractivity contribution in [1.82, 2.24) is 9.80 Å². The van der Waals surface area contributed by atoms with Crippen LogP contribution in [0, 0.1) is 0 Å². The summed E-state index contributed by atoms with van der Waals surface area (Å²) in [5, 5.41) is 4.85. The lowest BCUT2D eigenvalue weighted by atomic mass is 10.1. The first kappa shape index (κ1) is 18.4. The van der Waals surface area contributed by atoms with E-state index in [0.717, 1.165) is 56.4 Å². The molecule has 0 radical (unpaired) electrons. The summed E-state index contributed by atoms with van der Waals surface area (Å²) in [6, 6.07) is 21.5. The number of para-hydroxylation sites is 2. The molecule has 0 saturated carbocycles. The van der Waals surface area contributed by atoms with E-state index in [4.69, 9.17) is 4.99 Å². The van der Waals surface area contributed by atoms with Crippen LogP contribution in [0.25, 0.3) is 0 Å². The minimum atomic E-state index is 1.00. The zero-order chi connectivity index (χ0) is 19.6. The normalized spacial score (nSPS) is 16.4. The third-order valence-corrected chi connectivity index (χ3v) is 6.87. The highest BCUT2D eigenvalue weighted by atomic mass is 32.1. The maximum Gasteiger partial charge on any atom is 0.139 e. The Hall–Kier alpha value is -2.63. The molecule has 1 aromatic heterocycles. The molecule has 3 aromatic rings. The molecule has 4 nitrogen and oxygen atoms in total. The third-order valence-electron chi connectivity index (χ3n) is 5.67. The van der Waals surface area contributed by atoms with Gasteiger partial charge in [0.1, 0.15) is 10.8 Å². The monoisotopic (exact) mass is 402 g/mol. The summed E-state index contributed by atoms with van der Waals surface area (Å²) in [5.74, 6) is 1.12. The maximum atomic E-state index is 5.13. The fraction of sp³-hybridized carbons (Fsp3) is 0.292. The van der Waals surface area contributed by atoms with Gasteiger partial charge in [-0.05, 0) is 30.2 Å². The molecule has 3 heterocycles. The topological polar surface area (TPSA) is 30.9 Å². The Kier molecular flexibility index (Phi) is 5.08. The van der Waals surface area contributed by atoms with Crippen LogP contribution in [-0.4, -0.2) is 41.8 Å². The summed E-state index contributed by atoms with van der Waals surface area (Å²) >= 11 is 1.85. The van der Waals surface area contributed by atoms with Gasteiger partial charge in [0, 0.05) is 37.6 Å². The van der Waals surface area contributed by atoms with Gasteiger partial charge in [0.2, 0.25) is 0 Å². The molecule has 0 bridgehead atoms. The number of nitrogens with one attached hydrogen (secondary N) is 1. The van der Waals surface area contributed by atoms with E-state index in [2.05, 4.69) is 82.7 Å². The molecule has 0 amide bonds. The Morgan fingerprint density at radius 3 is 2.52 bits per heavy atom. The first-order valence-corrected chi connectivity index (χ1v) is 11.2. The number of rotatable bonds is 3. The van der Waals surface area contributed by atoms with Crippen LogP contribution in [-0.2, 0) is 13.0 Å². The van der Waals surface area contributed by atoms with Gasteiger partial charge >= 0.3 is 0 Å². The van der Waals surface area contributed by atoms with Crippen molar-refractivity contribution in [3.63, 3.8) is 0 Å². The second-order valence-electron chi connectivity index (χ2n) is 7.64. The van der Waals surface area contributed by atoms with Crippen molar-refractivity contribution in [1.29, 1.82) is 0 Å². The molecule has 2 aliphatic heterocycles. The van der Waals surface area contributed by atoms with Crippen LogP contribution in [0.15, 0.2) is 65.7 Å². The van der Waals surface area contributed by atoms with Crippen LogP contribution in [0.3, 0.4) is 0 Å². The predicted molar refractivity (Wildman–Crippen MR) is 123 cm³/mol. The molecule has 0 spiro atoms. The van der Waals surface area contributed by atoms with Crippen molar-refractivity contribution in [2.45, 2.75) is 19.9 Å². The van der Waals surface area contributed by atoms with Crippen molar-refractivity contribution in [3.8, 4) is 0 Å². The van der Waals surface area contributed by atoms with E-state index in [1.54, 1.807) is 0 Å². The lowest BCUT2D eigenvalue weighted by molar-refractivity contribution is 0.176. The molecule has 5 rings (SSSR count). The lowest BCUT2D eigenvalue weighted by Crippen LogP contribution is -2.48. The van der Waals surface area contributed by atoms with Crippen molar-refractivity contribution in [3.05, 3.63) is 76.7 Å². The number of piperazine rings is 1. The maximum absolute atomic E-state index is 5.13. The number of fused-ring (bicyclic) bond motifs is 2. The zero-order valence-corrected chi connectivity index (χ0v) is 17.6. The molecule has 0 atom stereocenters. The number of anilines is 2. The largest absolute Gasteiger partial charge is 0.353 e. The fourth-order valence-corrected chi connectivity index (χ4v) is 5.05. The van der Waals surface area contributed by atoms with Crippen LogP contribution in [0.1, 0.15) is 22.9 Å². The van der Waals surface area contributed by atoms with E-state index in [9.17, 15) is 0 Å². The quantitative estimate of drug-likeness (QED) is 0.648. The molecule has 2 aromatic carbocycles. The van der Waals surface area contributed by atoms with Gasteiger partial charge in [0.15, 0.2) is 0 Å². The Balaban J connectivity index is 1.40. The van der Waals surface area contributed by atoms with Crippen molar-refractivity contribution >= 4 is 33.5 Å². The van der Waals surface area contributed by atoms with Gasteiger partial charge in [-0.2, -0.15) is 0 Å². The molecule has 0 unspecified atom stereocenters. The second kappa shape index (κ2) is 8.01. The summed E-state index contributed by atoms with van der Waals surface area (Å²) < 4.78 is 0. The van der Waals surface area contributed by atoms with Crippen molar-refractivity contribution in [2.75, 3.05) is 31.5 Å². The second-order valence-corrected chi connectivity index (χ2v) is 8.77. The van der Waals surface area contributed by atoms with E-state index < -0.39 is 0 Å². The Bertz CT molecular complexity index is 1020. The summed E-state index contributed by atoms with van der Waals surface area (Å²) in [5.41, 5.74) is 4.75. The van der Waals surface area contributed by atoms with Crippen LogP contribution in [0.2, 0.25) is 0 Å². The molecular formula is C24H26N4S. The SMILES string of the molecule is CCc1cc2c(s1)Nc1ccccc1N=C2N1CCN(Cc2ccccc2)CC1. The molecule has 0 aliphatic carbocycles. The standard InChI is InChI=1S/C24H26N4S/c1-2-19-16-20-23(25-21-10-6-7-11-22(21)26-24(20)29-19)28-14-12-27(13-15-28)17-18-8-4-3-5-9-18/h3-11,16,26H,2,12-15,17H2,1H3. The van der Waals surface area contributed by atoms with Crippen LogP contribution >= 0.6 is 11.3 Å². The summed E-state index contributed by atoms with van der Waals surface area (Å²) in [6.45, 7) is 7.37. The first-order chi connectivity index (χ1) is 14.3. The molecule has 2 aliphatic rings. The fourth-order valence-electron chi connectivity index (χ4n) is 4.05. The van der Waals surface area contributed by atoms with Gasteiger partial charge in [-0.3, -0.25) is 4.90 Å². The number of nitrogens with zero attached hydrogens (tertiary/aromatic N) is 3. The predicted octanol–water partition coefficient (Wildman–Crippen LogP) is 5.26. The average molecular weight is 403 g/mol. The number of aryl methyl sites for hydroxylation is 1. The summed E-state index contributed by atoms with van der Waals surface area (Å²) in [4.78, 5) is 11.5. The van der Waals surface area contributed by atoms with E-state index in [1.807, 2.05) is 11.3 Å². The van der Waals surface area contributed by atoms with Crippen molar-refractivity contribution in [2.24, 2.45) is 4.99 Å². The Morgan fingerprint density at radius 2 is 1.72 bits per heavy atom. The summed E-state index contributed by atoms with van der Waals surface area (Å²) in [7, 11) is 0. The van der Waals surface area contributed by atoms with E-state index >= 15 is 0 Å². The molecule has 1 N–H and O–H groups in total. The molecule has 29 heavy (non-hydrogen) atoms. The highest BCUT2D eigenvalue weighted by Gasteiger charge is 2.26. The molecule has 1 fully saturated rings. The third kappa shape index (κ3) is 3.80. The molecule has 5 heteroatoms. The molecule has 148 valence electrons. The van der Waals surface area contributed by atoms with E-state index in [-0.39, 0.29) is 0 Å². The van der Waals surface area contributed by atoms with Crippen LogP contribution in [0.5, 0.6) is 0 Å². The lowest BCUT2D eigenvalue weighted by Gasteiger charge is -2.36. The molecular weight excluding hydrogens is 376 g/mol. The number of aliphatic imine (C=N–C) groups is 1. The van der Waals surface area contributed by atoms with Gasteiger partial charge in [-0.1, -0.05) is 49.4 Å². The van der Waals surface area contributed by atoms with Gasteiger partial charge in [-0.15, -0.1) is 11.3 Å². The smallest absolute Gasteiger partial charge is 0.139 e. The average Bonchev–Trinajstić information content (AvgIpc) is 3.10. The number of benzene rings is 2. The Morgan fingerprint density at radius 1 is 0.966 bits per heavy atom. The minimum Gasteiger partial charge on any atom is -0.353 e. The summed E-state index contributed by atoms with van der Waals surface area (Å²) in [6.07, 6.45) is 1.05. The van der Waals surface area contributed by atoms with Gasteiger partial charge < -0.3 is 10.2 Å². The molecule has 1 saturated heterocycles.